The van der Waals surface area contributed by atoms with Crippen molar-refractivity contribution in [2.75, 3.05) is 0 Å². The summed E-state index contributed by atoms with van der Waals surface area (Å²) in [7, 11) is 0. The summed E-state index contributed by atoms with van der Waals surface area (Å²) in [5, 5.41) is 11.4. The SMILES string of the molecule is C=Cc1sc2ccc(-c3c4ccccc4c(-c4ccccc4)c4ccccc34)cc2c1/C(=C\C)c1c2ccccc2c(-c2c(C)cccc2C)c2ccccc12. The van der Waals surface area contributed by atoms with Gasteiger partial charge in [0.15, 0.2) is 0 Å². The number of aryl methyl sites for hydroxylation is 2. The molecule has 0 atom stereocenters. The third-order valence-electron chi connectivity index (χ3n) is 11.7. The highest BCUT2D eigenvalue weighted by atomic mass is 32.1. The summed E-state index contributed by atoms with van der Waals surface area (Å²) in [4.78, 5) is 1.19. The van der Waals surface area contributed by atoms with Gasteiger partial charge in [-0.1, -0.05) is 170 Å². The predicted molar refractivity (Wildman–Crippen MR) is 247 cm³/mol. The molecule has 1 heteroatoms. The van der Waals surface area contributed by atoms with Gasteiger partial charge in [-0.2, -0.15) is 0 Å². The molecule has 0 aliphatic carbocycles. The Kier molecular flexibility index (Phi) is 8.28. The van der Waals surface area contributed by atoms with Crippen LogP contribution in [0.25, 0.3) is 98.2 Å². The Balaban J connectivity index is 1.27. The summed E-state index contributed by atoms with van der Waals surface area (Å²) in [5.74, 6) is 0. The van der Waals surface area contributed by atoms with E-state index in [9.17, 15) is 0 Å². The van der Waals surface area contributed by atoms with Gasteiger partial charge in [-0.15, -0.1) is 11.3 Å². The van der Waals surface area contributed by atoms with Crippen LogP contribution in [0.1, 0.15) is 34.1 Å². The molecule has 0 aliphatic heterocycles. The molecule has 0 radical (unpaired) electrons. The molecule has 0 nitrogen and oxygen atoms in total. The quantitative estimate of drug-likeness (QED) is 0.149. The fourth-order valence-corrected chi connectivity index (χ4v) is 10.4. The Labute approximate surface area is 332 Å². The van der Waals surface area contributed by atoms with Crippen molar-refractivity contribution in [3.63, 3.8) is 0 Å². The standard InChI is InChI=1S/C55H40S/c1-5-38(53-43-27-14-16-29-45(43)55(46-30-17-15-28-44(46)53)50-34(3)19-18-20-35(50)4)54-47-33-37(31-32-49(47)56-48(54)6-2)52-41-25-12-10-23-39(41)51(36-21-8-7-9-22-36)40-24-11-13-26-42(40)52/h5-33H,2H2,1,3-4H3/b38-5-. The second kappa shape index (κ2) is 13.6. The Bertz CT molecular complexity index is 3090. The van der Waals surface area contributed by atoms with E-state index in [1.807, 2.05) is 11.3 Å². The van der Waals surface area contributed by atoms with Gasteiger partial charge in [0.25, 0.3) is 0 Å². The van der Waals surface area contributed by atoms with Gasteiger partial charge in [-0.25, -0.2) is 0 Å². The van der Waals surface area contributed by atoms with E-state index >= 15 is 0 Å². The fourth-order valence-electron chi connectivity index (χ4n) is 9.36. The lowest BCUT2D eigenvalue weighted by molar-refractivity contribution is 1.39. The van der Waals surface area contributed by atoms with Gasteiger partial charge in [-0.3, -0.25) is 0 Å². The van der Waals surface area contributed by atoms with Crippen LogP contribution >= 0.6 is 11.3 Å². The molecule has 1 heterocycles. The highest BCUT2D eigenvalue weighted by Gasteiger charge is 2.24. The lowest BCUT2D eigenvalue weighted by Gasteiger charge is -2.21. The molecule has 0 unspecified atom stereocenters. The normalized spacial score (nSPS) is 12.0. The minimum atomic E-state index is 1.19. The molecule has 0 amide bonds. The number of benzene rings is 9. The molecule has 9 aromatic carbocycles. The molecule has 0 N–H and O–H groups in total. The van der Waals surface area contributed by atoms with Gasteiger partial charge in [0, 0.05) is 20.5 Å². The monoisotopic (exact) mass is 732 g/mol. The zero-order valence-electron chi connectivity index (χ0n) is 31.9. The van der Waals surface area contributed by atoms with Crippen LogP contribution in [-0.4, -0.2) is 0 Å². The minimum absolute atomic E-state index is 1.19. The van der Waals surface area contributed by atoms with Gasteiger partial charge in [-0.05, 0) is 132 Å². The lowest BCUT2D eigenvalue weighted by Crippen LogP contribution is -1.97. The van der Waals surface area contributed by atoms with Gasteiger partial charge >= 0.3 is 0 Å². The van der Waals surface area contributed by atoms with E-state index in [4.69, 9.17) is 0 Å². The molecule has 56 heavy (non-hydrogen) atoms. The lowest BCUT2D eigenvalue weighted by atomic mass is 9.81. The van der Waals surface area contributed by atoms with Crippen LogP contribution in [0.4, 0.5) is 0 Å². The number of fused-ring (bicyclic) bond motifs is 5. The zero-order chi connectivity index (χ0) is 37.9. The van der Waals surface area contributed by atoms with E-state index in [2.05, 4.69) is 203 Å². The van der Waals surface area contributed by atoms with Crippen LogP contribution in [0, 0.1) is 13.8 Å². The second-order valence-corrected chi connectivity index (χ2v) is 15.9. The molecule has 0 aliphatic rings. The van der Waals surface area contributed by atoms with E-state index < -0.39 is 0 Å². The Morgan fingerprint density at radius 2 is 0.893 bits per heavy atom. The maximum Gasteiger partial charge on any atom is 0.0356 e. The molecule has 266 valence electrons. The summed E-state index contributed by atoms with van der Waals surface area (Å²) in [5.41, 5.74) is 14.0. The van der Waals surface area contributed by atoms with Crippen molar-refractivity contribution in [3.8, 4) is 33.4 Å². The maximum absolute atomic E-state index is 4.38. The fraction of sp³-hybridized carbons (Fsp3) is 0.0545. The van der Waals surface area contributed by atoms with Crippen LogP contribution < -0.4 is 0 Å². The van der Waals surface area contributed by atoms with E-state index in [0.29, 0.717) is 0 Å². The summed E-state index contributed by atoms with van der Waals surface area (Å²) in [6.07, 6.45) is 4.38. The molecule has 0 spiro atoms. The van der Waals surface area contributed by atoms with Crippen molar-refractivity contribution in [3.05, 3.63) is 204 Å². The average molecular weight is 733 g/mol. The summed E-state index contributed by atoms with van der Waals surface area (Å²) in [6, 6.07) is 60.5. The second-order valence-electron chi connectivity index (χ2n) is 14.8. The molecule has 0 bridgehead atoms. The van der Waals surface area contributed by atoms with Crippen LogP contribution in [0.2, 0.25) is 0 Å². The number of rotatable bonds is 6. The Morgan fingerprint density at radius 1 is 0.429 bits per heavy atom. The smallest absolute Gasteiger partial charge is 0.0356 e. The first-order chi connectivity index (χ1) is 27.6. The summed E-state index contributed by atoms with van der Waals surface area (Å²) >= 11 is 1.83. The molecule has 10 rings (SSSR count). The molecular weight excluding hydrogens is 693 g/mol. The van der Waals surface area contributed by atoms with Crippen LogP contribution in [-0.2, 0) is 0 Å². The van der Waals surface area contributed by atoms with Crippen molar-refractivity contribution in [1.29, 1.82) is 0 Å². The first kappa shape index (κ1) is 34.0. The number of hydrogen-bond acceptors (Lipinski definition) is 1. The third-order valence-corrected chi connectivity index (χ3v) is 12.8. The summed E-state index contributed by atoms with van der Waals surface area (Å²) < 4.78 is 1.26. The summed E-state index contributed by atoms with van der Waals surface area (Å²) in [6.45, 7) is 11.1. The highest BCUT2D eigenvalue weighted by molar-refractivity contribution is 7.20. The maximum atomic E-state index is 4.38. The van der Waals surface area contributed by atoms with Gasteiger partial charge < -0.3 is 0 Å². The number of thiophene rings is 1. The third kappa shape index (κ3) is 5.19. The van der Waals surface area contributed by atoms with Gasteiger partial charge in [0.05, 0.1) is 0 Å². The zero-order valence-corrected chi connectivity index (χ0v) is 32.7. The average Bonchev–Trinajstić information content (AvgIpc) is 3.61. The molecule has 0 saturated heterocycles. The molecule has 0 saturated carbocycles. The Morgan fingerprint density at radius 3 is 1.39 bits per heavy atom. The number of hydrogen-bond donors (Lipinski definition) is 0. The van der Waals surface area contributed by atoms with Gasteiger partial charge in [0.1, 0.15) is 0 Å². The van der Waals surface area contributed by atoms with E-state index in [0.717, 1.165) is 0 Å². The molecule has 0 fully saturated rings. The predicted octanol–water partition coefficient (Wildman–Crippen LogP) is 16.2. The Hall–Kier alpha value is -6.54. The van der Waals surface area contributed by atoms with Crippen LogP contribution in [0.15, 0.2) is 176 Å². The van der Waals surface area contributed by atoms with E-state index in [1.54, 1.807) is 0 Å². The largest absolute Gasteiger partial charge is 0.135 e. The first-order valence-electron chi connectivity index (χ1n) is 19.4. The van der Waals surface area contributed by atoms with Crippen molar-refractivity contribution >= 4 is 76.2 Å². The van der Waals surface area contributed by atoms with Crippen molar-refractivity contribution in [2.45, 2.75) is 20.8 Å². The van der Waals surface area contributed by atoms with Gasteiger partial charge in [0.2, 0.25) is 0 Å². The van der Waals surface area contributed by atoms with Crippen molar-refractivity contribution in [2.24, 2.45) is 0 Å². The van der Waals surface area contributed by atoms with Crippen LogP contribution in [0.3, 0.4) is 0 Å². The minimum Gasteiger partial charge on any atom is -0.135 e. The first-order valence-corrected chi connectivity index (χ1v) is 20.2. The van der Waals surface area contributed by atoms with Crippen LogP contribution in [0.5, 0.6) is 0 Å². The molecular formula is C55H40S. The number of allylic oxidation sites excluding steroid dienone is 1. The topological polar surface area (TPSA) is 0 Å². The van der Waals surface area contributed by atoms with E-state index in [-0.39, 0.29) is 0 Å². The van der Waals surface area contributed by atoms with Crippen molar-refractivity contribution < 1.29 is 0 Å². The molecule has 10 aromatic rings. The highest BCUT2D eigenvalue weighted by Crippen LogP contribution is 2.49. The van der Waals surface area contributed by atoms with Crippen molar-refractivity contribution in [1.82, 2.24) is 0 Å². The van der Waals surface area contributed by atoms with E-state index in [1.165, 1.54) is 119 Å². The molecule has 1 aromatic heterocycles.